The lowest BCUT2D eigenvalue weighted by molar-refractivity contribution is -0.136. The Morgan fingerprint density at radius 3 is 2.67 bits per heavy atom. The number of hydrogen-bond donors (Lipinski definition) is 0. The molecule has 2 aliphatic rings. The van der Waals surface area contributed by atoms with E-state index in [1.807, 2.05) is 6.92 Å². The van der Waals surface area contributed by atoms with Gasteiger partial charge in [-0.1, -0.05) is 13.0 Å². The highest BCUT2D eigenvalue weighted by Gasteiger charge is 2.56. The molecule has 0 aromatic heterocycles. The average molecular weight is 352 g/mol. The molecule has 2 atom stereocenters. The number of carbonyl (C=O) groups is 1. The zero-order chi connectivity index (χ0) is 17.5. The third kappa shape index (κ3) is 2.56. The molecule has 1 aromatic rings. The van der Waals surface area contributed by atoms with Gasteiger partial charge in [0.2, 0.25) is 15.9 Å². The minimum atomic E-state index is -3.73. The predicted molar refractivity (Wildman–Crippen MR) is 88.1 cm³/mol. The summed E-state index contributed by atoms with van der Waals surface area (Å²) in [5.74, 6) is -0.534. The summed E-state index contributed by atoms with van der Waals surface area (Å²) >= 11 is 0. The third-order valence-electron chi connectivity index (χ3n) is 5.22. The second-order valence-electron chi connectivity index (χ2n) is 6.60. The van der Waals surface area contributed by atoms with Crippen LogP contribution in [0.15, 0.2) is 41.8 Å². The lowest BCUT2D eigenvalue weighted by Gasteiger charge is -2.26. The number of amides is 1. The van der Waals surface area contributed by atoms with Crippen LogP contribution in [0.3, 0.4) is 0 Å². The molecule has 2 aliphatic heterocycles. The van der Waals surface area contributed by atoms with Crippen molar-refractivity contribution in [2.45, 2.75) is 18.2 Å². The molecular weight excluding hydrogens is 331 g/mol. The summed E-state index contributed by atoms with van der Waals surface area (Å²) in [5, 5.41) is 0. The molecule has 0 radical (unpaired) electrons. The standard InChI is InChI=1S/C17H21FN2O3S/c1-3-9-19-10-8-17(16(19)21)12-20(11-13(17)2)24(22,23)15-6-4-14(18)5-7-15/h3-7,13H,1,8-12H2,2H3/t13-,17-/m1/s1. The van der Waals surface area contributed by atoms with Crippen molar-refractivity contribution >= 4 is 15.9 Å². The maximum Gasteiger partial charge on any atom is 0.243 e. The minimum Gasteiger partial charge on any atom is -0.338 e. The van der Waals surface area contributed by atoms with Crippen molar-refractivity contribution < 1.29 is 17.6 Å². The summed E-state index contributed by atoms with van der Waals surface area (Å²) in [4.78, 5) is 14.6. The van der Waals surface area contributed by atoms with Crippen molar-refractivity contribution in [3.8, 4) is 0 Å². The van der Waals surface area contributed by atoms with Gasteiger partial charge in [0.15, 0.2) is 0 Å². The number of nitrogens with zero attached hydrogens (tertiary/aromatic N) is 2. The van der Waals surface area contributed by atoms with Gasteiger partial charge in [0.05, 0.1) is 10.3 Å². The Hall–Kier alpha value is -1.73. The van der Waals surface area contributed by atoms with Gasteiger partial charge in [-0.25, -0.2) is 12.8 Å². The van der Waals surface area contributed by atoms with E-state index in [1.165, 1.54) is 16.4 Å². The highest BCUT2D eigenvalue weighted by Crippen LogP contribution is 2.46. The van der Waals surface area contributed by atoms with Gasteiger partial charge in [0.25, 0.3) is 0 Å². The Balaban J connectivity index is 1.87. The Morgan fingerprint density at radius 2 is 2.04 bits per heavy atom. The van der Waals surface area contributed by atoms with E-state index in [0.29, 0.717) is 26.1 Å². The van der Waals surface area contributed by atoms with Crippen molar-refractivity contribution in [1.29, 1.82) is 0 Å². The smallest absolute Gasteiger partial charge is 0.243 e. The molecule has 0 saturated carbocycles. The largest absolute Gasteiger partial charge is 0.338 e. The summed E-state index contributed by atoms with van der Waals surface area (Å²) in [6, 6.07) is 4.80. The molecule has 7 heteroatoms. The first-order valence-electron chi connectivity index (χ1n) is 7.97. The van der Waals surface area contributed by atoms with E-state index >= 15 is 0 Å². The topological polar surface area (TPSA) is 57.7 Å². The van der Waals surface area contributed by atoms with Gasteiger partial charge in [-0.05, 0) is 36.6 Å². The predicted octanol–water partition coefficient (Wildman–Crippen LogP) is 1.87. The summed E-state index contributed by atoms with van der Waals surface area (Å²) in [7, 11) is -3.73. The van der Waals surface area contributed by atoms with Crippen molar-refractivity contribution in [3.05, 3.63) is 42.7 Å². The molecule has 2 fully saturated rings. The molecule has 130 valence electrons. The second-order valence-corrected chi connectivity index (χ2v) is 8.54. The van der Waals surface area contributed by atoms with Gasteiger partial charge in [-0.2, -0.15) is 4.31 Å². The van der Waals surface area contributed by atoms with E-state index in [2.05, 4.69) is 6.58 Å². The van der Waals surface area contributed by atoms with Crippen LogP contribution in [0.1, 0.15) is 13.3 Å². The Labute approximate surface area is 141 Å². The molecular formula is C17H21FN2O3S. The van der Waals surface area contributed by atoms with Crippen LogP contribution in [0, 0.1) is 17.2 Å². The Morgan fingerprint density at radius 1 is 1.38 bits per heavy atom. The normalized spacial score (nSPS) is 28.0. The Bertz CT molecular complexity index is 763. The van der Waals surface area contributed by atoms with E-state index in [1.54, 1.807) is 11.0 Å². The minimum absolute atomic E-state index is 0.00621. The van der Waals surface area contributed by atoms with E-state index in [0.717, 1.165) is 12.1 Å². The number of likely N-dealkylation sites (tertiary alicyclic amines) is 1. The fourth-order valence-corrected chi connectivity index (χ4v) is 5.34. The van der Waals surface area contributed by atoms with Gasteiger partial charge >= 0.3 is 0 Å². The average Bonchev–Trinajstić information content (AvgIpc) is 3.04. The van der Waals surface area contributed by atoms with Gasteiger partial charge < -0.3 is 4.90 Å². The summed E-state index contributed by atoms with van der Waals surface area (Å²) in [6.45, 7) is 7.18. The highest BCUT2D eigenvalue weighted by atomic mass is 32.2. The molecule has 0 N–H and O–H groups in total. The maximum atomic E-state index is 13.1. The number of sulfonamides is 1. The summed E-state index contributed by atoms with van der Waals surface area (Å²) in [6.07, 6.45) is 2.33. The van der Waals surface area contributed by atoms with Crippen LogP contribution in [-0.2, 0) is 14.8 Å². The quantitative estimate of drug-likeness (QED) is 0.778. The maximum absolute atomic E-state index is 13.1. The van der Waals surface area contributed by atoms with Crippen LogP contribution in [-0.4, -0.2) is 49.7 Å². The molecule has 3 rings (SSSR count). The first-order chi connectivity index (χ1) is 11.3. The molecule has 1 amide bonds. The molecule has 1 spiro atoms. The van der Waals surface area contributed by atoms with Gasteiger partial charge in [0, 0.05) is 26.2 Å². The first-order valence-corrected chi connectivity index (χ1v) is 9.41. The van der Waals surface area contributed by atoms with Crippen molar-refractivity contribution in [3.63, 3.8) is 0 Å². The molecule has 0 bridgehead atoms. The lowest BCUT2D eigenvalue weighted by Crippen LogP contribution is -2.40. The van der Waals surface area contributed by atoms with E-state index in [9.17, 15) is 17.6 Å². The van der Waals surface area contributed by atoms with Crippen molar-refractivity contribution in [1.82, 2.24) is 9.21 Å². The van der Waals surface area contributed by atoms with Gasteiger partial charge in [-0.3, -0.25) is 4.79 Å². The van der Waals surface area contributed by atoms with E-state index < -0.39 is 21.3 Å². The second kappa shape index (κ2) is 5.97. The highest BCUT2D eigenvalue weighted by molar-refractivity contribution is 7.89. The van der Waals surface area contributed by atoms with Crippen LogP contribution in [0.2, 0.25) is 0 Å². The molecule has 0 unspecified atom stereocenters. The number of hydrogen-bond acceptors (Lipinski definition) is 3. The van der Waals surface area contributed by atoms with Crippen LogP contribution in [0.25, 0.3) is 0 Å². The van der Waals surface area contributed by atoms with Crippen LogP contribution in [0.5, 0.6) is 0 Å². The Kier molecular flexibility index (Phi) is 4.25. The van der Waals surface area contributed by atoms with Gasteiger partial charge in [-0.15, -0.1) is 6.58 Å². The zero-order valence-corrected chi connectivity index (χ0v) is 14.4. The van der Waals surface area contributed by atoms with Gasteiger partial charge in [0.1, 0.15) is 5.82 Å². The lowest BCUT2D eigenvalue weighted by atomic mass is 9.78. The first kappa shape index (κ1) is 17.1. The van der Waals surface area contributed by atoms with E-state index in [-0.39, 0.29) is 23.3 Å². The fraction of sp³-hybridized carbons (Fsp3) is 0.471. The molecule has 5 nitrogen and oxygen atoms in total. The van der Waals surface area contributed by atoms with Crippen molar-refractivity contribution in [2.75, 3.05) is 26.2 Å². The molecule has 24 heavy (non-hydrogen) atoms. The monoisotopic (exact) mass is 352 g/mol. The number of carbonyl (C=O) groups excluding carboxylic acids is 1. The van der Waals surface area contributed by atoms with Crippen molar-refractivity contribution in [2.24, 2.45) is 11.3 Å². The SMILES string of the molecule is C=CCN1CC[C@]2(CN(S(=O)(=O)c3ccc(F)cc3)C[C@H]2C)C1=O. The van der Waals surface area contributed by atoms with Crippen LogP contribution in [0.4, 0.5) is 4.39 Å². The van der Waals surface area contributed by atoms with Crippen LogP contribution < -0.4 is 0 Å². The third-order valence-corrected chi connectivity index (χ3v) is 7.05. The molecule has 0 aliphatic carbocycles. The number of benzene rings is 1. The number of rotatable bonds is 4. The van der Waals surface area contributed by atoms with E-state index in [4.69, 9.17) is 0 Å². The molecule has 2 saturated heterocycles. The number of halogens is 1. The molecule has 1 aromatic carbocycles. The van der Waals surface area contributed by atoms with Crippen LogP contribution >= 0.6 is 0 Å². The fourth-order valence-electron chi connectivity index (χ4n) is 3.75. The molecule has 2 heterocycles. The summed E-state index contributed by atoms with van der Waals surface area (Å²) in [5.41, 5.74) is -0.657. The zero-order valence-electron chi connectivity index (χ0n) is 13.6. The summed E-state index contributed by atoms with van der Waals surface area (Å²) < 4.78 is 40.0.